The van der Waals surface area contributed by atoms with Gasteiger partial charge in [-0.25, -0.2) is 4.39 Å². The largest absolute Gasteiger partial charge is 0.358 e. The van der Waals surface area contributed by atoms with E-state index in [0.717, 1.165) is 5.56 Å². The number of nitrogens with one attached hydrogen (secondary N) is 2. The molecule has 5 nitrogen and oxygen atoms in total. The first-order chi connectivity index (χ1) is 11.2. The first kappa shape index (κ1) is 14.9. The molecule has 0 bridgehead atoms. The standard InChI is InChI=1S/C17H14FN3O2/c18-14-3-1-2-12-15(14)21-10-13(16(12)22)17(23)20-9-6-11-4-7-19-8-5-11/h1-5,7-8,10H,6,9H2,(H,20,23)(H,21,22). The predicted molar refractivity (Wildman–Crippen MR) is 84.8 cm³/mol. The molecule has 0 radical (unpaired) electrons. The maximum Gasteiger partial charge on any atom is 0.256 e. The molecule has 0 aliphatic carbocycles. The zero-order valence-electron chi connectivity index (χ0n) is 12.2. The third-order valence-electron chi connectivity index (χ3n) is 3.56. The van der Waals surface area contributed by atoms with Gasteiger partial charge in [-0.3, -0.25) is 14.6 Å². The maximum absolute atomic E-state index is 13.6. The number of carbonyl (C=O) groups is 1. The van der Waals surface area contributed by atoms with Crippen LogP contribution in [-0.4, -0.2) is 22.4 Å². The summed E-state index contributed by atoms with van der Waals surface area (Å²) in [6.45, 7) is 0.392. The quantitative estimate of drug-likeness (QED) is 0.774. The molecule has 116 valence electrons. The van der Waals surface area contributed by atoms with Crippen molar-refractivity contribution in [2.75, 3.05) is 6.54 Å². The molecule has 0 aliphatic rings. The van der Waals surface area contributed by atoms with Gasteiger partial charge in [0.25, 0.3) is 5.91 Å². The summed E-state index contributed by atoms with van der Waals surface area (Å²) in [4.78, 5) is 31.0. The number of H-pyrrole nitrogens is 1. The lowest BCUT2D eigenvalue weighted by Gasteiger charge is -2.06. The fourth-order valence-electron chi connectivity index (χ4n) is 2.35. The first-order valence-electron chi connectivity index (χ1n) is 7.14. The fourth-order valence-corrected chi connectivity index (χ4v) is 2.35. The summed E-state index contributed by atoms with van der Waals surface area (Å²) in [5.41, 5.74) is 0.623. The van der Waals surface area contributed by atoms with Gasteiger partial charge in [-0.2, -0.15) is 0 Å². The van der Waals surface area contributed by atoms with Crippen LogP contribution in [0.5, 0.6) is 0 Å². The minimum atomic E-state index is -0.524. The van der Waals surface area contributed by atoms with Gasteiger partial charge in [0.15, 0.2) is 0 Å². The second-order valence-electron chi connectivity index (χ2n) is 5.06. The highest BCUT2D eigenvalue weighted by atomic mass is 19.1. The van der Waals surface area contributed by atoms with Crippen molar-refractivity contribution in [1.29, 1.82) is 0 Å². The van der Waals surface area contributed by atoms with Gasteiger partial charge in [0.05, 0.1) is 5.52 Å². The average molecular weight is 311 g/mol. The van der Waals surface area contributed by atoms with Crippen LogP contribution in [0.4, 0.5) is 4.39 Å². The van der Waals surface area contributed by atoms with E-state index in [9.17, 15) is 14.0 Å². The van der Waals surface area contributed by atoms with E-state index in [1.165, 1.54) is 24.4 Å². The molecule has 23 heavy (non-hydrogen) atoms. The Morgan fingerprint density at radius 2 is 2.00 bits per heavy atom. The molecule has 0 saturated heterocycles. The van der Waals surface area contributed by atoms with Crippen molar-refractivity contribution in [3.63, 3.8) is 0 Å². The van der Waals surface area contributed by atoms with E-state index < -0.39 is 17.2 Å². The minimum absolute atomic E-state index is 0.0298. The maximum atomic E-state index is 13.6. The molecular formula is C17H14FN3O2. The summed E-state index contributed by atoms with van der Waals surface area (Å²) in [7, 11) is 0. The summed E-state index contributed by atoms with van der Waals surface area (Å²) in [5, 5.41) is 2.85. The normalized spacial score (nSPS) is 10.7. The third-order valence-corrected chi connectivity index (χ3v) is 3.56. The lowest BCUT2D eigenvalue weighted by Crippen LogP contribution is -2.30. The Kier molecular flexibility index (Phi) is 4.14. The van der Waals surface area contributed by atoms with Crippen molar-refractivity contribution in [1.82, 2.24) is 15.3 Å². The van der Waals surface area contributed by atoms with Gasteiger partial charge in [-0.05, 0) is 36.2 Å². The average Bonchev–Trinajstić information content (AvgIpc) is 2.57. The van der Waals surface area contributed by atoms with E-state index in [-0.39, 0.29) is 16.5 Å². The third kappa shape index (κ3) is 3.11. The first-order valence-corrected chi connectivity index (χ1v) is 7.14. The number of amides is 1. The van der Waals surface area contributed by atoms with Gasteiger partial charge in [0.2, 0.25) is 5.43 Å². The number of pyridine rings is 2. The van der Waals surface area contributed by atoms with Crippen LogP contribution in [0.2, 0.25) is 0 Å². The van der Waals surface area contributed by atoms with Crippen molar-refractivity contribution < 1.29 is 9.18 Å². The Morgan fingerprint density at radius 1 is 1.22 bits per heavy atom. The van der Waals surface area contributed by atoms with Crippen molar-refractivity contribution in [3.8, 4) is 0 Å². The van der Waals surface area contributed by atoms with Gasteiger partial charge in [-0.1, -0.05) is 6.07 Å². The lowest BCUT2D eigenvalue weighted by molar-refractivity contribution is 0.0953. The summed E-state index contributed by atoms with van der Waals surface area (Å²) in [6.07, 6.45) is 5.24. The highest BCUT2D eigenvalue weighted by Gasteiger charge is 2.13. The smallest absolute Gasteiger partial charge is 0.256 e. The SMILES string of the molecule is O=C(NCCc1ccncc1)c1c[nH]c2c(F)cccc2c1=O. The highest BCUT2D eigenvalue weighted by Crippen LogP contribution is 2.12. The zero-order valence-corrected chi connectivity index (χ0v) is 12.2. The van der Waals surface area contributed by atoms with E-state index in [0.29, 0.717) is 13.0 Å². The molecular weight excluding hydrogens is 297 g/mol. The van der Waals surface area contributed by atoms with Crippen molar-refractivity contribution in [2.24, 2.45) is 0 Å². The number of aromatic nitrogens is 2. The molecule has 3 rings (SSSR count). The molecule has 2 aromatic heterocycles. The van der Waals surface area contributed by atoms with E-state index in [4.69, 9.17) is 0 Å². The molecule has 1 amide bonds. The predicted octanol–water partition coefficient (Wildman–Crippen LogP) is 2.03. The van der Waals surface area contributed by atoms with E-state index >= 15 is 0 Å². The number of para-hydroxylation sites is 1. The van der Waals surface area contributed by atoms with Gasteiger partial charge >= 0.3 is 0 Å². The van der Waals surface area contributed by atoms with Crippen LogP contribution in [0.1, 0.15) is 15.9 Å². The lowest BCUT2D eigenvalue weighted by atomic mass is 10.1. The Balaban J connectivity index is 1.76. The molecule has 6 heteroatoms. The van der Waals surface area contributed by atoms with Crippen molar-refractivity contribution >= 4 is 16.8 Å². The number of hydrogen-bond acceptors (Lipinski definition) is 3. The summed E-state index contributed by atoms with van der Waals surface area (Å²) in [6, 6.07) is 7.91. The second-order valence-corrected chi connectivity index (χ2v) is 5.06. The highest BCUT2D eigenvalue weighted by molar-refractivity contribution is 5.97. The molecule has 1 aromatic carbocycles. The second kappa shape index (κ2) is 6.39. The molecule has 0 fully saturated rings. The zero-order chi connectivity index (χ0) is 16.2. The molecule has 0 unspecified atom stereocenters. The number of halogens is 1. The van der Waals surface area contributed by atoms with E-state index in [1.807, 2.05) is 12.1 Å². The van der Waals surface area contributed by atoms with E-state index in [1.54, 1.807) is 12.4 Å². The van der Waals surface area contributed by atoms with Crippen LogP contribution in [0.15, 0.2) is 53.7 Å². The van der Waals surface area contributed by atoms with Gasteiger partial charge in [-0.15, -0.1) is 0 Å². The van der Waals surface area contributed by atoms with Gasteiger partial charge in [0.1, 0.15) is 11.4 Å². The fraction of sp³-hybridized carbons (Fsp3) is 0.118. The Hall–Kier alpha value is -3.02. The Bertz CT molecular complexity index is 907. The topological polar surface area (TPSA) is 74.8 Å². The number of hydrogen-bond donors (Lipinski definition) is 2. The van der Waals surface area contributed by atoms with Crippen LogP contribution in [0.25, 0.3) is 10.9 Å². The van der Waals surface area contributed by atoms with Gasteiger partial charge in [0, 0.05) is 30.5 Å². The van der Waals surface area contributed by atoms with E-state index in [2.05, 4.69) is 15.3 Å². The molecule has 0 saturated carbocycles. The van der Waals surface area contributed by atoms with Crippen LogP contribution in [0, 0.1) is 5.82 Å². The minimum Gasteiger partial charge on any atom is -0.358 e. The number of rotatable bonds is 4. The monoisotopic (exact) mass is 311 g/mol. The summed E-state index contributed by atoms with van der Waals surface area (Å²) < 4.78 is 13.6. The number of benzene rings is 1. The van der Waals surface area contributed by atoms with Crippen molar-refractivity contribution in [3.05, 3.63) is 76.1 Å². The number of fused-ring (bicyclic) bond motifs is 1. The Labute approximate surface area is 131 Å². The van der Waals surface area contributed by atoms with Crippen LogP contribution in [-0.2, 0) is 6.42 Å². The van der Waals surface area contributed by atoms with Gasteiger partial charge < -0.3 is 10.3 Å². The molecule has 3 aromatic rings. The van der Waals surface area contributed by atoms with Crippen LogP contribution < -0.4 is 10.7 Å². The molecule has 0 spiro atoms. The summed E-state index contributed by atoms with van der Waals surface area (Å²) in [5.74, 6) is -1.00. The molecule has 0 aliphatic heterocycles. The number of aromatic amines is 1. The van der Waals surface area contributed by atoms with Crippen LogP contribution in [0.3, 0.4) is 0 Å². The number of carbonyl (C=O) groups excluding carboxylic acids is 1. The molecule has 2 heterocycles. The van der Waals surface area contributed by atoms with Crippen LogP contribution >= 0.6 is 0 Å². The number of nitrogens with zero attached hydrogens (tertiary/aromatic N) is 1. The summed E-state index contributed by atoms with van der Waals surface area (Å²) >= 11 is 0. The van der Waals surface area contributed by atoms with Crippen molar-refractivity contribution in [2.45, 2.75) is 6.42 Å². The molecule has 2 N–H and O–H groups in total. The molecule has 0 atom stereocenters. The Morgan fingerprint density at radius 3 is 2.78 bits per heavy atom.